The first kappa shape index (κ1) is 17.4. The molecule has 10 heteroatoms. The van der Waals surface area contributed by atoms with E-state index in [1.54, 1.807) is 18.2 Å². The van der Waals surface area contributed by atoms with Crippen LogP contribution in [0.3, 0.4) is 0 Å². The number of nitrogens with zero attached hydrogens (tertiary/aromatic N) is 3. The van der Waals surface area contributed by atoms with Gasteiger partial charge in [-0.15, -0.1) is 10.2 Å². The summed E-state index contributed by atoms with van der Waals surface area (Å²) >= 11 is 1.24. The number of sulfonamides is 1. The largest absolute Gasteiger partial charge is 0.411 e. The van der Waals surface area contributed by atoms with E-state index in [4.69, 9.17) is 14.3 Å². The van der Waals surface area contributed by atoms with Crippen LogP contribution in [0.5, 0.6) is 0 Å². The fourth-order valence-electron chi connectivity index (χ4n) is 2.24. The van der Waals surface area contributed by atoms with Gasteiger partial charge in [0.25, 0.3) is 5.22 Å². The van der Waals surface area contributed by atoms with Gasteiger partial charge in [-0.05, 0) is 18.2 Å². The molecule has 1 aromatic carbocycles. The van der Waals surface area contributed by atoms with Gasteiger partial charge in [-0.3, -0.25) is 0 Å². The summed E-state index contributed by atoms with van der Waals surface area (Å²) in [5.74, 6) is 0.696. The summed E-state index contributed by atoms with van der Waals surface area (Å²) in [5.41, 5.74) is 0.535. The van der Waals surface area contributed by atoms with Crippen molar-refractivity contribution in [3.63, 3.8) is 0 Å². The summed E-state index contributed by atoms with van der Waals surface area (Å²) in [7, 11) is -3.57. The zero-order valence-electron chi connectivity index (χ0n) is 12.8. The Labute approximate surface area is 143 Å². The number of hydrogen-bond acceptors (Lipinski definition) is 8. The second-order valence-electron chi connectivity index (χ2n) is 4.99. The Morgan fingerprint density at radius 3 is 2.79 bits per heavy atom. The fourth-order valence-corrected chi connectivity index (χ4v) is 4.20. The number of morpholine rings is 1. The van der Waals surface area contributed by atoms with Crippen molar-refractivity contribution in [1.29, 1.82) is 0 Å². The summed E-state index contributed by atoms with van der Waals surface area (Å²) < 4.78 is 37.5. The Kier molecular flexibility index (Phi) is 5.51. The summed E-state index contributed by atoms with van der Waals surface area (Å²) in [6, 6.07) is 6.44. The second-order valence-corrected chi connectivity index (χ2v) is 7.97. The molecular formula is C14H17N3O5S2. The lowest BCUT2D eigenvalue weighted by Crippen LogP contribution is -2.40. The highest BCUT2D eigenvalue weighted by Gasteiger charge is 2.26. The molecule has 24 heavy (non-hydrogen) atoms. The number of ether oxygens (including phenoxy) is 1. The highest BCUT2D eigenvalue weighted by Crippen LogP contribution is 2.26. The molecular weight excluding hydrogens is 354 g/mol. The van der Waals surface area contributed by atoms with E-state index >= 15 is 0 Å². The molecule has 8 nitrogen and oxygen atoms in total. The molecule has 1 aliphatic rings. The average Bonchev–Trinajstić information content (AvgIpc) is 3.10. The third kappa shape index (κ3) is 3.78. The van der Waals surface area contributed by atoms with Gasteiger partial charge in [-0.1, -0.05) is 17.8 Å². The summed E-state index contributed by atoms with van der Waals surface area (Å²) in [5, 5.41) is 16.9. The van der Waals surface area contributed by atoms with Crippen LogP contribution < -0.4 is 0 Å². The lowest BCUT2D eigenvalue weighted by atomic mass is 10.2. The van der Waals surface area contributed by atoms with Crippen molar-refractivity contribution >= 4 is 21.8 Å². The minimum atomic E-state index is -3.57. The summed E-state index contributed by atoms with van der Waals surface area (Å²) in [6.45, 7) is 1.49. The third-order valence-corrected chi connectivity index (χ3v) is 6.11. The van der Waals surface area contributed by atoms with Crippen molar-refractivity contribution in [2.75, 3.05) is 38.7 Å². The topological polar surface area (TPSA) is 106 Å². The van der Waals surface area contributed by atoms with Crippen LogP contribution in [0.15, 0.2) is 38.8 Å². The predicted octanol–water partition coefficient (Wildman–Crippen LogP) is 0.842. The maximum Gasteiger partial charge on any atom is 0.276 e. The standard InChI is InChI=1S/C14H17N3O5S2/c18-6-9-23-14-16-15-13(22-14)11-2-1-3-12(10-11)24(19,20)17-4-7-21-8-5-17/h1-3,10,18H,4-9H2. The Morgan fingerprint density at radius 1 is 1.25 bits per heavy atom. The average molecular weight is 371 g/mol. The summed E-state index contributed by atoms with van der Waals surface area (Å²) in [4.78, 5) is 0.185. The van der Waals surface area contributed by atoms with Gasteiger partial charge in [0.05, 0.1) is 24.7 Å². The number of aliphatic hydroxyl groups excluding tert-OH is 1. The monoisotopic (exact) mass is 371 g/mol. The van der Waals surface area contributed by atoms with Crippen molar-refractivity contribution in [2.24, 2.45) is 0 Å². The van der Waals surface area contributed by atoms with Crippen LogP contribution in [0.1, 0.15) is 0 Å². The second kappa shape index (κ2) is 7.62. The number of rotatable bonds is 6. The summed E-state index contributed by atoms with van der Waals surface area (Å²) in [6.07, 6.45) is 0. The normalized spacial score (nSPS) is 16.4. The van der Waals surface area contributed by atoms with E-state index in [0.29, 0.717) is 42.8 Å². The lowest BCUT2D eigenvalue weighted by molar-refractivity contribution is 0.0730. The molecule has 130 valence electrons. The molecule has 0 radical (unpaired) electrons. The van der Waals surface area contributed by atoms with Gasteiger partial charge < -0.3 is 14.3 Å². The minimum Gasteiger partial charge on any atom is -0.411 e. The van der Waals surface area contributed by atoms with E-state index in [1.807, 2.05) is 0 Å². The first-order valence-electron chi connectivity index (χ1n) is 7.37. The van der Waals surface area contributed by atoms with Crippen LogP contribution in [-0.2, 0) is 14.8 Å². The van der Waals surface area contributed by atoms with E-state index in [2.05, 4.69) is 10.2 Å². The van der Waals surface area contributed by atoms with Crippen LogP contribution in [0.4, 0.5) is 0 Å². The first-order chi connectivity index (χ1) is 11.6. The molecule has 1 aliphatic heterocycles. The lowest BCUT2D eigenvalue weighted by Gasteiger charge is -2.26. The van der Waals surface area contributed by atoms with Crippen molar-refractivity contribution in [1.82, 2.24) is 14.5 Å². The van der Waals surface area contributed by atoms with E-state index < -0.39 is 10.0 Å². The number of aromatic nitrogens is 2. The van der Waals surface area contributed by atoms with E-state index in [1.165, 1.54) is 22.1 Å². The fraction of sp³-hybridized carbons (Fsp3) is 0.429. The molecule has 2 heterocycles. The van der Waals surface area contributed by atoms with E-state index in [-0.39, 0.29) is 17.4 Å². The van der Waals surface area contributed by atoms with Crippen molar-refractivity contribution < 1.29 is 22.7 Å². The minimum absolute atomic E-state index is 0.00958. The Bertz CT molecular complexity index is 787. The van der Waals surface area contributed by atoms with Crippen molar-refractivity contribution in [3.8, 4) is 11.5 Å². The predicted molar refractivity (Wildman–Crippen MR) is 87.1 cm³/mol. The maximum absolute atomic E-state index is 12.7. The molecule has 0 aliphatic carbocycles. The van der Waals surface area contributed by atoms with Gasteiger partial charge in [-0.25, -0.2) is 8.42 Å². The van der Waals surface area contributed by atoms with E-state index in [9.17, 15) is 8.42 Å². The van der Waals surface area contributed by atoms with Gasteiger partial charge in [0, 0.05) is 24.4 Å². The number of aliphatic hydroxyl groups is 1. The zero-order valence-corrected chi connectivity index (χ0v) is 14.4. The van der Waals surface area contributed by atoms with Gasteiger partial charge >= 0.3 is 0 Å². The smallest absolute Gasteiger partial charge is 0.276 e. The van der Waals surface area contributed by atoms with Gasteiger partial charge in [0.2, 0.25) is 15.9 Å². The van der Waals surface area contributed by atoms with Gasteiger partial charge in [0.1, 0.15) is 0 Å². The Morgan fingerprint density at radius 2 is 2.04 bits per heavy atom. The van der Waals surface area contributed by atoms with Gasteiger partial charge in [0.15, 0.2) is 0 Å². The zero-order chi connectivity index (χ0) is 17.0. The highest BCUT2D eigenvalue weighted by atomic mass is 32.2. The Hall–Kier alpha value is -1.46. The van der Waals surface area contributed by atoms with Crippen molar-refractivity contribution in [3.05, 3.63) is 24.3 Å². The van der Waals surface area contributed by atoms with Crippen LogP contribution in [0, 0.1) is 0 Å². The molecule has 0 atom stereocenters. The quantitative estimate of drug-likeness (QED) is 0.745. The highest BCUT2D eigenvalue weighted by molar-refractivity contribution is 7.99. The molecule has 3 rings (SSSR count). The molecule has 0 unspecified atom stereocenters. The molecule has 0 amide bonds. The number of hydrogen-bond donors (Lipinski definition) is 1. The molecule has 0 saturated carbocycles. The molecule has 1 saturated heterocycles. The van der Waals surface area contributed by atoms with Crippen molar-refractivity contribution in [2.45, 2.75) is 10.1 Å². The third-order valence-electron chi connectivity index (χ3n) is 3.41. The Balaban J connectivity index is 1.84. The molecule has 2 aromatic rings. The molecule has 0 spiro atoms. The van der Waals surface area contributed by atoms with Gasteiger partial charge in [-0.2, -0.15) is 4.31 Å². The van der Waals surface area contributed by atoms with E-state index in [0.717, 1.165) is 0 Å². The van der Waals surface area contributed by atoms with Crippen LogP contribution in [0.25, 0.3) is 11.5 Å². The SMILES string of the molecule is O=S(=O)(c1cccc(-c2nnc(SCCO)o2)c1)N1CCOCC1. The first-order valence-corrected chi connectivity index (χ1v) is 9.79. The molecule has 0 bridgehead atoms. The van der Waals surface area contributed by atoms with Crippen LogP contribution in [-0.4, -0.2) is 66.7 Å². The maximum atomic E-state index is 12.7. The van der Waals surface area contributed by atoms with Crippen LogP contribution in [0.2, 0.25) is 0 Å². The molecule has 1 fully saturated rings. The number of thioether (sulfide) groups is 1. The molecule has 1 N–H and O–H groups in total. The van der Waals surface area contributed by atoms with Crippen LogP contribution >= 0.6 is 11.8 Å². The molecule has 1 aromatic heterocycles. The number of benzene rings is 1.